The smallest absolute Gasteiger partial charge is 0.376 e. The average molecular weight is 305 g/mol. The van der Waals surface area contributed by atoms with Crippen molar-refractivity contribution in [2.24, 2.45) is 5.92 Å². The van der Waals surface area contributed by atoms with Crippen LogP contribution in [0.15, 0.2) is 40.9 Å². The third-order valence-corrected chi connectivity index (χ3v) is 4.31. The number of nitrogens with zero attached hydrogens (tertiary/aromatic N) is 1. The van der Waals surface area contributed by atoms with Crippen molar-refractivity contribution in [3.8, 4) is 0 Å². The fourth-order valence-electron chi connectivity index (χ4n) is 2.11. The second-order valence-electron chi connectivity index (χ2n) is 4.47. The number of rotatable bonds is 6. The quantitative estimate of drug-likeness (QED) is 0.790. The van der Waals surface area contributed by atoms with Crippen molar-refractivity contribution in [3.05, 3.63) is 35.9 Å². The van der Waals surface area contributed by atoms with E-state index < -0.39 is 17.7 Å². The van der Waals surface area contributed by atoms with Crippen molar-refractivity contribution in [2.75, 3.05) is 0 Å². The zero-order chi connectivity index (χ0) is 15.4. The van der Waals surface area contributed by atoms with E-state index in [1.165, 1.54) is 6.20 Å². The number of thioether (sulfide) groups is 1. The van der Waals surface area contributed by atoms with E-state index in [4.69, 9.17) is 0 Å². The summed E-state index contributed by atoms with van der Waals surface area (Å²) in [6, 6.07) is 4.93. The molecule has 1 N–H and O–H groups in total. The third-order valence-electron chi connectivity index (χ3n) is 3.30. The minimum Gasteiger partial charge on any atom is -0.376 e. The summed E-state index contributed by atoms with van der Waals surface area (Å²) in [7, 11) is 0. The van der Waals surface area contributed by atoms with E-state index in [1.54, 1.807) is 32.0 Å². The van der Waals surface area contributed by atoms with Crippen LogP contribution in [0.3, 0.4) is 0 Å². The van der Waals surface area contributed by atoms with Gasteiger partial charge in [0.05, 0.1) is 0 Å². The first-order chi connectivity index (χ1) is 9.27. The van der Waals surface area contributed by atoms with Crippen LogP contribution in [-0.2, 0) is 0 Å². The first-order valence-electron chi connectivity index (χ1n) is 6.34. The lowest BCUT2D eigenvalue weighted by Gasteiger charge is -2.38. The summed E-state index contributed by atoms with van der Waals surface area (Å²) in [5.74, 6) is -0.925. The molecule has 0 spiro atoms. The van der Waals surface area contributed by atoms with Crippen LogP contribution in [0.2, 0.25) is 0 Å². The van der Waals surface area contributed by atoms with Gasteiger partial charge < -0.3 is 5.11 Å². The number of alkyl halides is 3. The summed E-state index contributed by atoms with van der Waals surface area (Å²) in [4.78, 5) is 3.61. The molecule has 1 unspecified atom stereocenters. The van der Waals surface area contributed by atoms with Crippen LogP contribution in [0, 0.1) is 5.92 Å². The lowest BCUT2D eigenvalue weighted by atomic mass is 9.82. The number of pyridine rings is 1. The van der Waals surface area contributed by atoms with E-state index in [-0.39, 0.29) is 17.7 Å². The van der Waals surface area contributed by atoms with E-state index in [2.05, 4.69) is 11.6 Å². The Kier molecular flexibility index (Phi) is 5.65. The molecule has 1 atom stereocenters. The fourth-order valence-corrected chi connectivity index (χ4v) is 3.06. The Bertz CT molecular complexity index is 445. The van der Waals surface area contributed by atoms with Gasteiger partial charge in [0.15, 0.2) is 5.60 Å². The van der Waals surface area contributed by atoms with Crippen LogP contribution in [-0.4, -0.2) is 21.9 Å². The van der Waals surface area contributed by atoms with Crippen LogP contribution in [0.25, 0.3) is 0 Å². The molecule has 6 heteroatoms. The van der Waals surface area contributed by atoms with Gasteiger partial charge in [-0.25, -0.2) is 4.98 Å². The summed E-state index contributed by atoms with van der Waals surface area (Å²) >= 11 is 0.761. The zero-order valence-corrected chi connectivity index (χ0v) is 12.3. The maximum Gasteiger partial charge on any atom is 0.422 e. The summed E-state index contributed by atoms with van der Waals surface area (Å²) in [6.07, 6.45) is -2.84. The second-order valence-corrected chi connectivity index (χ2v) is 5.59. The molecule has 0 amide bonds. The summed E-state index contributed by atoms with van der Waals surface area (Å²) < 4.78 is 40.0. The van der Waals surface area contributed by atoms with Gasteiger partial charge in [-0.2, -0.15) is 13.2 Å². The third kappa shape index (κ3) is 3.35. The molecular weight excluding hydrogens is 287 g/mol. The molecule has 0 saturated heterocycles. The number of hydrogen-bond acceptors (Lipinski definition) is 3. The van der Waals surface area contributed by atoms with Gasteiger partial charge in [-0.05, 0) is 25.0 Å². The molecule has 0 aromatic carbocycles. The molecule has 20 heavy (non-hydrogen) atoms. The van der Waals surface area contributed by atoms with Crippen LogP contribution >= 0.6 is 11.8 Å². The van der Waals surface area contributed by atoms with Gasteiger partial charge >= 0.3 is 6.18 Å². The monoisotopic (exact) mass is 305 g/mol. The fraction of sp³-hybridized carbons (Fsp3) is 0.500. The summed E-state index contributed by atoms with van der Waals surface area (Å²) in [6.45, 7) is 6.72. The molecule has 0 aliphatic carbocycles. The Morgan fingerprint density at radius 3 is 2.35 bits per heavy atom. The van der Waals surface area contributed by atoms with E-state index in [9.17, 15) is 18.3 Å². The lowest BCUT2D eigenvalue weighted by Crippen LogP contribution is -2.51. The van der Waals surface area contributed by atoms with Crippen LogP contribution in [0.1, 0.15) is 26.7 Å². The predicted molar refractivity (Wildman–Crippen MR) is 74.3 cm³/mol. The molecule has 1 aromatic heterocycles. The van der Waals surface area contributed by atoms with Gasteiger partial charge in [0.2, 0.25) is 0 Å². The molecule has 112 valence electrons. The molecule has 0 radical (unpaired) electrons. The number of aromatic nitrogens is 1. The molecule has 1 heterocycles. The van der Waals surface area contributed by atoms with Crippen LogP contribution < -0.4 is 0 Å². The highest BCUT2D eigenvalue weighted by Crippen LogP contribution is 2.48. The molecule has 0 saturated carbocycles. The molecule has 0 aliphatic heterocycles. The van der Waals surface area contributed by atoms with Crippen molar-refractivity contribution in [1.82, 2.24) is 4.98 Å². The zero-order valence-electron chi connectivity index (χ0n) is 11.4. The first-order valence-corrected chi connectivity index (χ1v) is 7.16. The second kappa shape index (κ2) is 6.63. The van der Waals surface area contributed by atoms with Crippen molar-refractivity contribution in [1.29, 1.82) is 0 Å². The number of hydrogen-bond donors (Lipinski definition) is 1. The lowest BCUT2D eigenvalue weighted by molar-refractivity contribution is -0.260. The van der Waals surface area contributed by atoms with Gasteiger partial charge in [0.1, 0.15) is 5.03 Å². The van der Waals surface area contributed by atoms with Crippen LogP contribution in [0.5, 0.6) is 0 Å². The summed E-state index contributed by atoms with van der Waals surface area (Å²) in [5.41, 5.74) is -2.90. The Morgan fingerprint density at radius 1 is 1.35 bits per heavy atom. The van der Waals surface area contributed by atoms with Gasteiger partial charge in [0, 0.05) is 17.0 Å². The average Bonchev–Trinajstić information content (AvgIpc) is 2.39. The standard InChI is InChI=1S/C14H18F3NOS/c1-4-11(5-2)13(19,14(15,16)17)10(3)20-12-8-6-7-9-18-12/h6-9,11,19H,3-5H2,1-2H3. The Hall–Kier alpha value is -1.01. The van der Waals surface area contributed by atoms with Crippen molar-refractivity contribution in [2.45, 2.75) is 43.5 Å². The molecule has 0 fully saturated rings. The van der Waals surface area contributed by atoms with Gasteiger partial charge in [-0.15, -0.1) is 0 Å². The first kappa shape index (κ1) is 17.0. The van der Waals surface area contributed by atoms with Gasteiger partial charge in [-0.1, -0.05) is 38.3 Å². The van der Waals surface area contributed by atoms with Crippen LogP contribution in [0.4, 0.5) is 13.2 Å². The number of aliphatic hydroxyl groups is 1. The molecule has 0 bridgehead atoms. The SMILES string of the molecule is C=C(Sc1ccccn1)C(O)(C(CC)CC)C(F)(F)F. The van der Waals surface area contributed by atoms with E-state index in [1.807, 2.05) is 0 Å². The Morgan fingerprint density at radius 2 is 1.95 bits per heavy atom. The topological polar surface area (TPSA) is 33.1 Å². The summed E-state index contributed by atoms with van der Waals surface area (Å²) in [5, 5.41) is 10.6. The Balaban J connectivity index is 3.09. The van der Waals surface area contributed by atoms with Crippen molar-refractivity contribution < 1.29 is 18.3 Å². The van der Waals surface area contributed by atoms with E-state index >= 15 is 0 Å². The largest absolute Gasteiger partial charge is 0.422 e. The minimum atomic E-state index is -4.76. The molecule has 0 aliphatic rings. The highest BCUT2D eigenvalue weighted by atomic mass is 32.2. The normalized spacial score (nSPS) is 15.2. The van der Waals surface area contributed by atoms with Gasteiger partial charge in [0.25, 0.3) is 0 Å². The van der Waals surface area contributed by atoms with Gasteiger partial charge in [-0.3, -0.25) is 0 Å². The van der Waals surface area contributed by atoms with Crippen molar-refractivity contribution in [3.63, 3.8) is 0 Å². The van der Waals surface area contributed by atoms with E-state index in [0.29, 0.717) is 5.03 Å². The molecule has 1 aromatic rings. The molecule has 2 nitrogen and oxygen atoms in total. The Labute approximate surface area is 121 Å². The van der Waals surface area contributed by atoms with Crippen molar-refractivity contribution >= 4 is 11.8 Å². The predicted octanol–water partition coefficient (Wildman–Crippen LogP) is 4.42. The van der Waals surface area contributed by atoms with E-state index in [0.717, 1.165) is 11.8 Å². The highest BCUT2D eigenvalue weighted by molar-refractivity contribution is 8.03. The maximum atomic E-state index is 13.3. The molecule has 1 rings (SSSR count). The number of halogens is 3. The minimum absolute atomic E-state index is 0.217. The highest BCUT2D eigenvalue weighted by Gasteiger charge is 2.59. The maximum absolute atomic E-state index is 13.3. The molecular formula is C14H18F3NOS.